The molecule has 0 unspecified atom stereocenters. The number of hydrogen-bond donors (Lipinski definition) is 2. The Labute approximate surface area is 126 Å². The summed E-state index contributed by atoms with van der Waals surface area (Å²) in [6, 6.07) is 5.90. The maximum Gasteiger partial charge on any atom is 0.258 e. The first-order valence-electron chi connectivity index (χ1n) is 7.28. The molecule has 1 aliphatic heterocycles. The summed E-state index contributed by atoms with van der Waals surface area (Å²) in [6.07, 6.45) is 3.35. The number of nitrogens with zero attached hydrogens (tertiary/aromatic N) is 1. The summed E-state index contributed by atoms with van der Waals surface area (Å²) in [5, 5.41) is 1.98. The second-order valence-corrected chi connectivity index (χ2v) is 5.50. The van der Waals surface area contributed by atoms with Crippen molar-refractivity contribution >= 4 is 12.0 Å². The second-order valence-electron chi connectivity index (χ2n) is 5.50. The van der Waals surface area contributed by atoms with Gasteiger partial charge >= 0.3 is 0 Å². The Balaban J connectivity index is 1.94. The number of carbonyl (C=O) groups excluding carboxylic acids is 1. The molecule has 1 amide bonds. The van der Waals surface area contributed by atoms with E-state index in [0.29, 0.717) is 0 Å². The maximum absolute atomic E-state index is 12.0. The number of likely N-dealkylation sites (N-methyl/N-ethyl adjacent to an activating group) is 1. The van der Waals surface area contributed by atoms with Gasteiger partial charge in [0.05, 0.1) is 40.3 Å². The van der Waals surface area contributed by atoms with Gasteiger partial charge in [0.2, 0.25) is 0 Å². The van der Waals surface area contributed by atoms with Gasteiger partial charge in [0, 0.05) is 11.6 Å². The number of amides is 1. The number of nitrogens with one attached hydrogen (secondary N) is 2. The number of carbonyl (C=O) groups is 1. The minimum atomic E-state index is -0.0990. The van der Waals surface area contributed by atoms with E-state index in [4.69, 9.17) is 4.74 Å². The van der Waals surface area contributed by atoms with Gasteiger partial charge in [-0.1, -0.05) is 11.6 Å². The first-order chi connectivity index (χ1) is 10.1. The highest BCUT2D eigenvalue weighted by atomic mass is 16.5. The van der Waals surface area contributed by atoms with Gasteiger partial charge in [0.15, 0.2) is 0 Å². The quantitative estimate of drug-likeness (QED) is 0.760. The second kappa shape index (κ2) is 7.24. The molecular formula is C16H24N3O2+. The molecule has 21 heavy (non-hydrogen) atoms. The van der Waals surface area contributed by atoms with Crippen LogP contribution in [0.25, 0.3) is 6.08 Å². The van der Waals surface area contributed by atoms with Crippen molar-refractivity contribution in [3.63, 3.8) is 0 Å². The van der Waals surface area contributed by atoms with Crippen molar-refractivity contribution in [3.05, 3.63) is 35.4 Å². The number of quaternary nitrogens is 1. The van der Waals surface area contributed by atoms with E-state index in [9.17, 15) is 4.79 Å². The van der Waals surface area contributed by atoms with E-state index in [1.165, 1.54) is 4.90 Å². The molecule has 114 valence electrons. The van der Waals surface area contributed by atoms with E-state index < -0.39 is 0 Å². The molecule has 1 fully saturated rings. The van der Waals surface area contributed by atoms with E-state index >= 15 is 0 Å². The van der Waals surface area contributed by atoms with Crippen molar-refractivity contribution < 1.29 is 14.4 Å². The summed E-state index contributed by atoms with van der Waals surface area (Å²) < 4.78 is 5.30. The third-order valence-corrected chi connectivity index (χ3v) is 3.68. The maximum atomic E-state index is 12.0. The Hall–Kier alpha value is -1.85. The lowest BCUT2D eigenvalue weighted by molar-refractivity contribution is -0.884. The fraction of sp³-hybridized carbons (Fsp3) is 0.438. The molecule has 0 atom stereocenters. The number of hydrazine groups is 1. The Morgan fingerprint density at radius 2 is 2.10 bits per heavy atom. The van der Waals surface area contributed by atoms with Crippen LogP contribution >= 0.6 is 0 Å². The van der Waals surface area contributed by atoms with Crippen molar-refractivity contribution in [2.45, 2.75) is 6.92 Å². The minimum absolute atomic E-state index is 0.0990. The average molecular weight is 290 g/mol. The van der Waals surface area contributed by atoms with Crippen LogP contribution in [-0.2, 0) is 4.79 Å². The molecule has 1 aromatic carbocycles. The third kappa shape index (κ3) is 4.58. The van der Waals surface area contributed by atoms with Crippen LogP contribution in [0.3, 0.4) is 0 Å². The molecule has 2 rings (SSSR count). The topological polar surface area (TPSA) is 46.0 Å². The molecule has 0 spiro atoms. The first kappa shape index (κ1) is 15.5. The lowest BCUT2D eigenvalue weighted by Gasteiger charge is -2.29. The largest absolute Gasteiger partial charge is 0.496 e. The zero-order chi connectivity index (χ0) is 15.2. The summed E-state index contributed by atoms with van der Waals surface area (Å²) in [5.41, 5.74) is 4.96. The van der Waals surface area contributed by atoms with E-state index in [2.05, 4.69) is 12.5 Å². The zero-order valence-corrected chi connectivity index (χ0v) is 13.0. The Kier molecular flexibility index (Phi) is 5.36. The highest BCUT2D eigenvalue weighted by Crippen LogP contribution is 2.20. The predicted molar refractivity (Wildman–Crippen MR) is 83.1 cm³/mol. The summed E-state index contributed by atoms with van der Waals surface area (Å²) in [6.45, 7) is 5.90. The van der Waals surface area contributed by atoms with Crippen LogP contribution in [0.1, 0.15) is 11.1 Å². The SMILES string of the molecule is COc1ccc(C)cc1/C=C/C(=O)NN1CC[NH+](C)CC1. The molecule has 1 saturated heterocycles. The van der Waals surface area contributed by atoms with Crippen LogP contribution in [0.5, 0.6) is 5.75 Å². The molecule has 1 heterocycles. The van der Waals surface area contributed by atoms with Crippen LogP contribution in [0.15, 0.2) is 24.3 Å². The van der Waals surface area contributed by atoms with E-state index in [1.807, 2.05) is 30.1 Å². The Bertz CT molecular complexity index is 520. The average Bonchev–Trinajstić information content (AvgIpc) is 2.48. The molecule has 0 radical (unpaired) electrons. The van der Waals surface area contributed by atoms with Crippen LogP contribution in [0.2, 0.25) is 0 Å². The van der Waals surface area contributed by atoms with Crippen LogP contribution in [0, 0.1) is 6.92 Å². The molecule has 1 aromatic rings. The molecule has 5 nitrogen and oxygen atoms in total. The summed E-state index contributed by atoms with van der Waals surface area (Å²) in [5.74, 6) is 0.672. The third-order valence-electron chi connectivity index (χ3n) is 3.68. The molecule has 0 bridgehead atoms. The summed E-state index contributed by atoms with van der Waals surface area (Å²) >= 11 is 0. The number of hydrogen-bond acceptors (Lipinski definition) is 3. The molecule has 0 aromatic heterocycles. The van der Waals surface area contributed by atoms with Crippen molar-refractivity contribution in [1.82, 2.24) is 10.4 Å². The number of methoxy groups -OCH3 is 1. The number of aryl methyl sites for hydroxylation is 1. The van der Waals surface area contributed by atoms with Crippen molar-refractivity contribution in [2.24, 2.45) is 0 Å². The van der Waals surface area contributed by atoms with Crippen LogP contribution < -0.4 is 15.1 Å². The first-order valence-corrected chi connectivity index (χ1v) is 7.28. The van der Waals surface area contributed by atoms with Gasteiger partial charge in [-0.2, -0.15) is 0 Å². The van der Waals surface area contributed by atoms with Gasteiger partial charge in [-0.15, -0.1) is 0 Å². The molecule has 5 heteroatoms. The van der Waals surface area contributed by atoms with E-state index in [0.717, 1.165) is 43.1 Å². The monoisotopic (exact) mass is 290 g/mol. The molecule has 0 aliphatic carbocycles. The van der Waals surface area contributed by atoms with Gasteiger partial charge in [0.25, 0.3) is 5.91 Å². The molecule has 0 saturated carbocycles. The van der Waals surface area contributed by atoms with Gasteiger partial charge < -0.3 is 9.64 Å². The van der Waals surface area contributed by atoms with Gasteiger partial charge in [0.1, 0.15) is 5.75 Å². The van der Waals surface area contributed by atoms with Crippen molar-refractivity contribution in [3.8, 4) is 5.75 Å². The smallest absolute Gasteiger partial charge is 0.258 e. The van der Waals surface area contributed by atoms with E-state index in [1.54, 1.807) is 19.3 Å². The normalized spacial score (nSPS) is 17.1. The molecule has 1 aliphatic rings. The van der Waals surface area contributed by atoms with Gasteiger partial charge in [-0.3, -0.25) is 10.2 Å². The predicted octanol–water partition coefficient (Wildman–Crippen LogP) is -0.122. The minimum Gasteiger partial charge on any atom is -0.496 e. The highest BCUT2D eigenvalue weighted by molar-refractivity contribution is 5.91. The lowest BCUT2D eigenvalue weighted by atomic mass is 10.1. The van der Waals surface area contributed by atoms with Gasteiger partial charge in [-0.05, 0) is 25.1 Å². The summed E-state index contributed by atoms with van der Waals surface area (Å²) in [4.78, 5) is 13.5. The molecular weight excluding hydrogens is 266 g/mol. The zero-order valence-electron chi connectivity index (χ0n) is 13.0. The number of rotatable bonds is 4. The van der Waals surface area contributed by atoms with Crippen LogP contribution in [-0.4, -0.2) is 51.3 Å². The number of ether oxygens (including phenoxy) is 1. The van der Waals surface area contributed by atoms with E-state index in [-0.39, 0.29) is 5.91 Å². The summed E-state index contributed by atoms with van der Waals surface area (Å²) in [7, 11) is 3.80. The molecule has 2 N–H and O–H groups in total. The van der Waals surface area contributed by atoms with Gasteiger partial charge in [-0.25, -0.2) is 5.01 Å². The Morgan fingerprint density at radius 1 is 1.38 bits per heavy atom. The van der Waals surface area contributed by atoms with Crippen molar-refractivity contribution in [2.75, 3.05) is 40.3 Å². The highest BCUT2D eigenvalue weighted by Gasteiger charge is 2.17. The standard InChI is InChI=1S/C16H23N3O2/c1-13-4-6-15(21-3)14(12-13)5-7-16(20)17-19-10-8-18(2)9-11-19/h4-7,12H,8-11H2,1-3H3,(H,17,20)/p+1/b7-5+. The Morgan fingerprint density at radius 3 is 2.76 bits per heavy atom. The fourth-order valence-electron chi connectivity index (χ4n) is 2.34. The van der Waals surface area contributed by atoms with Crippen LogP contribution in [0.4, 0.5) is 0 Å². The van der Waals surface area contributed by atoms with Crippen molar-refractivity contribution in [1.29, 1.82) is 0 Å². The fourth-order valence-corrected chi connectivity index (χ4v) is 2.34. The number of piperazine rings is 1. The lowest BCUT2D eigenvalue weighted by Crippen LogP contribution is -3.12. The number of benzene rings is 1.